The average molecular weight is 182 g/mol. The molecule has 74 valence electrons. The van der Waals surface area contributed by atoms with Gasteiger partial charge in [-0.1, -0.05) is 25.9 Å². The zero-order valence-electron chi connectivity index (χ0n) is 8.63. The number of hydrogen-bond donors (Lipinski definition) is 1. The third kappa shape index (κ3) is 3.59. The van der Waals surface area contributed by atoms with Crippen LogP contribution in [0.4, 0.5) is 0 Å². The smallest absolute Gasteiger partial charge is 0.150 e. The summed E-state index contributed by atoms with van der Waals surface area (Å²) in [5.74, 6) is 1.60. The monoisotopic (exact) mass is 182 g/mol. The molecule has 0 aromatic carbocycles. The fraction of sp³-hybridized carbons (Fsp3) is 0.700. The van der Waals surface area contributed by atoms with Crippen molar-refractivity contribution in [2.24, 2.45) is 5.92 Å². The lowest BCUT2D eigenvalue weighted by molar-refractivity contribution is 0.364. The minimum Gasteiger partial charge on any atom is -0.360 e. The van der Waals surface area contributed by atoms with Gasteiger partial charge >= 0.3 is 0 Å². The van der Waals surface area contributed by atoms with Gasteiger partial charge in [0.15, 0.2) is 5.76 Å². The molecule has 0 saturated heterocycles. The van der Waals surface area contributed by atoms with Crippen LogP contribution in [0.2, 0.25) is 0 Å². The maximum absolute atomic E-state index is 5.12. The molecule has 0 saturated carbocycles. The maximum Gasteiger partial charge on any atom is 0.150 e. The normalized spacial score (nSPS) is 11.1. The second-order valence-corrected chi connectivity index (χ2v) is 3.66. The van der Waals surface area contributed by atoms with Gasteiger partial charge in [-0.3, -0.25) is 0 Å². The fourth-order valence-electron chi connectivity index (χ4n) is 1.09. The standard InChI is InChI=1S/C10H18N2O/c1-4-9-5-10(13-12-9)7-11-6-8(2)3/h5,8,11H,4,6-7H2,1-3H3. The molecule has 0 unspecified atom stereocenters. The summed E-state index contributed by atoms with van der Waals surface area (Å²) in [6.45, 7) is 8.24. The zero-order chi connectivity index (χ0) is 9.68. The molecule has 0 bridgehead atoms. The Bertz CT molecular complexity index is 243. The van der Waals surface area contributed by atoms with Crippen LogP contribution < -0.4 is 5.32 Å². The molecule has 0 atom stereocenters. The van der Waals surface area contributed by atoms with Crippen molar-refractivity contribution >= 4 is 0 Å². The summed E-state index contributed by atoms with van der Waals surface area (Å²) in [5.41, 5.74) is 1.03. The molecule has 3 nitrogen and oxygen atoms in total. The van der Waals surface area contributed by atoms with E-state index >= 15 is 0 Å². The van der Waals surface area contributed by atoms with Crippen LogP contribution >= 0.6 is 0 Å². The first-order valence-corrected chi connectivity index (χ1v) is 4.87. The summed E-state index contributed by atoms with van der Waals surface area (Å²) < 4.78 is 5.12. The Morgan fingerprint density at radius 3 is 2.85 bits per heavy atom. The number of hydrogen-bond acceptors (Lipinski definition) is 3. The average Bonchev–Trinajstić information content (AvgIpc) is 2.52. The van der Waals surface area contributed by atoms with Crippen molar-refractivity contribution in [3.05, 3.63) is 17.5 Å². The van der Waals surface area contributed by atoms with Gasteiger partial charge in [0.2, 0.25) is 0 Å². The lowest BCUT2D eigenvalue weighted by atomic mass is 10.2. The first kappa shape index (κ1) is 10.3. The molecule has 0 amide bonds. The number of aryl methyl sites for hydroxylation is 1. The Hall–Kier alpha value is -0.830. The summed E-state index contributed by atoms with van der Waals surface area (Å²) in [5, 5.41) is 7.22. The van der Waals surface area contributed by atoms with Crippen LogP contribution in [-0.4, -0.2) is 11.7 Å². The Balaban J connectivity index is 2.28. The van der Waals surface area contributed by atoms with E-state index in [9.17, 15) is 0 Å². The van der Waals surface area contributed by atoms with E-state index in [1.165, 1.54) is 0 Å². The van der Waals surface area contributed by atoms with Crippen LogP contribution in [0, 0.1) is 5.92 Å². The van der Waals surface area contributed by atoms with Crippen LogP contribution in [0.15, 0.2) is 10.6 Å². The second-order valence-electron chi connectivity index (χ2n) is 3.66. The maximum atomic E-state index is 5.12. The topological polar surface area (TPSA) is 38.1 Å². The summed E-state index contributed by atoms with van der Waals surface area (Å²) in [4.78, 5) is 0. The van der Waals surface area contributed by atoms with Crippen molar-refractivity contribution in [2.45, 2.75) is 33.7 Å². The molecular weight excluding hydrogens is 164 g/mol. The molecule has 3 heteroatoms. The molecule has 1 aromatic heterocycles. The predicted octanol–water partition coefficient (Wildman–Crippen LogP) is 1.98. The van der Waals surface area contributed by atoms with Gasteiger partial charge in [-0.2, -0.15) is 0 Å². The van der Waals surface area contributed by atoms with Crippen LogP contribution in [0.5, 0.6) is 0 Å². The fourth-order valence-corrected chi connectivity index (χ4v) is 1.09. The van der Waals surface area contributed by atoms with Crippen LogP contribution in [-0.2, 0) is 13.0 Å². The molecule has 0 aliphatic carbocycles. The molecule has 0 spiro atoms. The molecule has 0 aliphatic heterocycles. The van der Waals surface area contributed by atoms with E-state index in [0.29, 0.717) is 5.92 Å². The lowest BCUT2D eigenvalue weighted by Gasteiger charge is -2.03. The minimum atomic E-state index is 0.675. The van der Waals surface area contributed by atoms with Crippen LogP contribution in [0.1, 0.15) is 32.2 Å². The van der Waals surface area contributed by atoms with Gasteiger partial charge in [0, 0.05) is 6.07 Å². The van der Waals surface area contributed by atoms with Gasteiger partial charge in [0.25, 0.3) is 0 Å². The number of nitrogens with one attached hydrogen (secondary N) is 1. The van der Waals surface area contributed by atoms with Crippen molar-refractivity contribution in [2.75, 3.05) is 6.54 Å². The Labute approximate surface area is 79.5 Å². The second kappa shape index (κ2) is 5.02. The summed E-state index contributed by atoms with van der Waals surface area (Å²) in [6.07, 6.45) is 0.938. The highest BCUT2D eigenvalue weighted by Crippen LogP contribution is 2.03. The van der Waals surface area contributed by atoms with Gasteiger partial charge in [-0.25, -0.2) is 0 Å². The first-order chi connectivity index (χ1) is 6.22. The molecule has 0 aliphatic rings. The first-order valence-electron chi connectivity index (χ1n) is 4.87. The van der Waals surface area contributed by atoms with E-state index in [1.54, 1.807) is 0 Å². The van der Waals surface area contributed by atoms with Crippen molar-refractivity contribution in [3.63, 3.8) is 0 Å². The summed E-state index contributed by atoms with van der Waals surface area (Å²) >= 11 is 0. The highest BCUT2D eigenvalue weighted by atomic mass is 16.5. The van der Waals surface area contributed by atoms with Crippen molar-refractivity contribution in [3.8, 4) is 0 Å². The molecule has 0 fully saturated rings. The van der Waals surface area contributed by atoms with Crippen molar-refractivity contribution in [1.82, 2.24) is 10.5 Å². The summed E-state index contributed by atoms with van der Waals surface area (Å²) in [6, 6.07) is 2.01. The van der Waals surface area contributed by atoms with Crippen molar-refractivity contribution < 1.29 is 4.52 Å². The van der Waals surface area contributed by atoms with E-state index in [2.05, 4.69) is 31.2 Å². The van der Waals surface area contributed by atoms with Gasteiger partial charge < -0.3 is 9.84 Å². The van der Waals surface area contributed by atoms with E-state index in [1.807, 2.05) is 6.07 Å². The van der Waals surface area contributed by atoms with Gasteiger partial charge in [0.05, 0.1) is 12.2 Å². The number of aromatic nitrogens is 1. The Kier molecular flexibility index (Phi) is 3.96. The quantitative estimate of drug-likeness (QED) is 0.756. The Morgan fingerprint density at radius 2 is 2.31 bits per heavy atom. The van der Waals surface area contributed by atoms with Crippen molar-refractivity contribution in [1.29, 1.82) is 0 Å². The molecule has 1 N–H and O–H groups in total. The highest BCUT2D eigenvalue weighted by Gasteiger charge is 2.01. The molecule has 1 heterocycles. The van der Waals surface area contributed by atoms with E-state index in [-0.39, 0.29) is 0 Å². The van der Waals surface area contributed by atoms with Crippen LogP contribution in [0.3, 0.4) is 0 Å². The van der Waals surface area contributed by atoms with Gasteiger partial charge in [-0.05, 0) is 18.9 Å². The van der Waals surface area contributed by atoms with Crippen LogP contribution in [0.25, 0.3) is 0 Å². The number of nitrogens with zero attached hydrogens (tertiary/aromatic N) is 1. The van der Waals surface area contributed by atoms with E-state index in [0.717, 1.165) is 31.0 Å². The van der Waals surface area contributed by atoms with Gasteiger partial charge in [0.1, 0.15) is 0 Å². The number of rotatable bonds is 5. The molecular formula is C10H18N2O. The summed E-state index contributed by atoms with van der Waals surface area (Å²) in [7, 11) is 0. The SMILES string of the molecule is CCc1cc(CNCC(C)C)on1. The Morgan fingerprint density at radius 1 is 1.54 bits per heavy atom. The molecule has 0 radical (unpaired) electrons. The highest BCUT2D eigenvalue weighted by molar-refractivity contribution is 5.04. The van der Waals surface area contributed by atoms with Gasteiger partial charge in [-0.15, -0.1) is 0 Å². The lowest BCUT2D eigenvalue weighted by Crippen LogP contribution is -2.18. The minimum absolute atomic E-state index is 0.675. The third-order valence-electron chi connectivity index (χ3n) is 1.82. The predicted molar refractivity (Wildman–Crippen MR) is 52.4 cm³/mol. The van der Waals surface area contributed by atoms with E-state index in [4.69, 9.17) is 4.52 Å². The molecule has 1 rings (SSSR count). The largest absolute Gasteiger partial charge is 0.360 e. The molecule has 13 heavy (non-hydrogen) atoms. The molecule has 1 aromatic rings. The zero-order valence-corrected chi connectivity index (χ0v) is 8.63. The third-order valence-corrected chi connectivity index (χ3v) is 1.82. The van der Waals surface area contributed by atoms with E-state index < -0.39 is 0 Å².